The van der Waals surface area contributed by atoms with E-state index in [1.807, 2.05) is 0 Å². The van der Waals surface area contributed by atoms with E-state index in [0.717, 1.165) is 0 Å². The van der Waals surface area contributed by atoms with Crippen molar-refractivity contribution in [1.82, 2.24) is 29.1 Å². The molecule has 34 heavy (non-hydrogen) atoms. The fourth-order valence-corrected chi connectivity index (χ4v) is 4.87. The zero-order valence-corrected chi connectivity index (χ0v) is 17.9. The van der Waals surface area contributed by atoms with Crippen LogP contribution in [0.3, 0.4) is 0 Å². The fraction of sp³-hybridized carbons (Fsp3) is 0.409. The second-order valence-corrected chi connectivity index (χ2v) is 8.95. The van der Waals surface area contributed by atoms with Crippen LogP contribution in [0.25, 0.3) is 28.1 Å². The van der Waals surface area contributed by atoms with E-state index in [4.69, 9.17) is 0 Å². The van der Waals surface area contributed by atoms with Crippen LogP contribution in [0.5, 0.6) is 0 Å². The van der Waals surface area contributed by atoms with Gasteiger partial charge in [0, 0.05) is 6.04 Å². The molecule has 2 fully saturated rings. The Balaban J connectivity index is 1.56. The van der Waals surface area contributed by atoms with Crippen molar-refractivity contribution >= 4 is 28.0 Å². The number of aliphatic hydroxyl groups excluding tert-OH is 1. The Bertz CT molecular complexity index is 1520. The molecule has 0 amide bonds. The van der Waals surface area contributed by atoms with Gasteiger partial charge in [-0.15, -0.1) is 0 Å². The second kappa shape index (κ2) is 7.33. The lowest BCUT2D eigenvalue weighted by atomic mass is 9.93. The average molecular weight is 466 g/mol. The highest BCUT2D eigenvalue weighted by Crippen LogP contribution is 2.36. The van der Waals surface area contributed by atoms with Gasteiger partial charge in [0.1, 0.15) is 11.8 Å². The molecular formula is C22H20F2N8O2. The number of imidazole rings is 2. The van der Waals surface area contributed by atoms with Crippen molar-refractivity contribution in [1.29, 1.82) is 5.26 Å². The minimum atomic E-state index is -2.83. The number of nitrogens with one attached hydrogen (secondary N) is 1. The number of H-pyrrole nitrogens is 1. The summed E-state index contributed by atoms with van der Waals surface area (Å²) in [6, 6.07) is 6.92. The standard InChI is InChI=1S/C22H20F2N8O2/c23-22(24)9-30(10-22)18-17-19(32(21(34)27-17)13-2-4-14(33)5-3-13)29-20(28-18)31-11-26-15-6-1-12(8-25)7-16(15)31/h1,6-7,11,13-14,33H,2-5,9-10H2,(H,27,34). The number of anilines is 1. The number of halogens is 2. The highest BCUT2D eigenvalue weighted by Gasteiger charge is 2.45. The summed E-state index contributed by atoms with van der Waals surface area (Å²) in [5.41, 5.74) is 1.87. The van der Waals surface area contributed by atoms with E-state index in [1.54, 1.807) is 27.3 Å². The summed E-state index contributed by atoms with van der Waals surface area (Å²) in [6.45, 7) is -1.02. The van der Waals surface area contributed by atoms with E-state index in [1.165, 1.54) is 11.2 Å². The van der Waals surface area contributed by atoms with Crippen LogP contribution in [0.15, 0.2) is 29.3 Å². The number of benzene rings is 1. The Kier molecular flexibility index (Phi) is 4.47. The quantitative estimate of drug-likeness (QED) is 0.474. The molecule has 12 heteroatoms. The Hall–Kier alpha value is -3.85. The summed E-state index contributed by atoms with van der Waals surface area (Å²) in [4.78, 5) is 30.7. The van der Waals surface area contributed by atoms with Crippen molar-refractivity contribution in [3.63, 3.8) is 0 Å². The monoisotopic (exact) mass is 466 g/mol. The second-order valence-electron chi connectivity index (χ2n) is 8.95. The molecule has 1 saturated heterocycles. The van der Waals surface area contributed by atoms with Crippen LogP contribution in [-0.2, 0) is 0 Å². The number of alkyl halides is 2. The van der Waals surface area contributed by atoms with Gasteiger partial charge in [0.25, 0.3) is 5.92 Å². The highest BCUT2D eigenvalue weighted by molar-refractivity contribution is 5.86. The molecule has 0 spiro atoms. The van der Waals surface area contributed by atoms with Gasteiger partial charge >= 0.3 is 5.69 Å². The van der Waals surface area contributed by atoms with Crippen molar-refractivity contribution in [2.24, 2.45) is 0 Å². The van der Waals surface area contributed by atoms with Gasteiger partial charge in [-0.1, -0.05) is 0 Å². The number of nitrogens with zero attached hydrogens (tertiary/aromatic N) is 7. The molecule has 1 saturated carbocycles. The molecule has 2 aliphatic rings. The predicted octanol–water partition coefficient (Wildman–Crippen LogP) is 2.26. The SMILES string of the molecule is N#Cc1ccc2ncn(-c3nc(N4CC(F)(F)C4)c4[nH]c(=O)n(C5CCC(O)CC5)c4n3)c2c1. The number of fused-ring (bicyclic) bond motifs is 2. The predicted molar refractivity (Wildman–Crippen MR) is 118 cm³/mol. The minimum Gasteiger partial charge on any atom is -0.393 e. The number of aromatic nitrogens is 6. The number of rotatable bonds is 3. The first-order chi connectivity index (χ1) is 16.3. The van der Waals surface area contributed by atoms with Gasteiger partial charge in [-0.2, -0.15) is 15.2 Å². The lowest BCUT2D eigenvalue weighted by Gasteiger charge is -2.39. The van der Waals surface area contributed by atoms with Crippen molar-refractivity contribution in [2.45, 2.75) is 43.8 Å². The van der Waals surface area contributed by atoms with Gasteiger partial charge in [-0.25, -0.2) is 18.6 Å². The molecule has 0 radical (unpaired) electrons. The van der Waals surface area contributed by atoms with Crippen LogP contribution in [0, 0.1) is 11.3 Å². The maximum atomic E-state index is 13.7. The van der Waals surface area contributed by atoms with Crippen molar-refractivity contribution in [2.75, 3.05) is 18.0 Å². The fourth-order valence-electron chi connectivity index (χ4n) is 4.87. The Morgan fingerprint density at radius 3 is 2.65 bits per heavy atom. The lowest BCUT2D eigenvalue weighted by molar-refractivity contribution is -0.0265. The third kappa shape index (κ3) is 3.23. The minimum absolute atomic E-state index is 0.166. The molecule has 1 aromatic carbocycles. The molecule has 4 aromatic rings. The molecule has 0 atom stereocenters. The Morgan fingerprint density at radius 2 is 1.94 bits per heavy atom. The molecule has 3 aromatic heterocycles. The van der Waals surface area contributed by atoms with E-state index in [0.29, 0.717) is 53.4 Å². The van der Waals surface area contributed by atoms with Gasteiger partial charge in [-0.05, 0) is 43.9 Å². The van der Waals surface area contributed by atoms with E-state index >= 15 is 0 Å². The van der Waals surface area contributed by atoms with Gasteiger partial charge in [0.2, 0.25) is 5.95 Å². The zero-order valence-electron chi connectivity index (χ0n) is 17.9. The Morgan fingerprint density at radius 1 is 1.18 bits per heavy atom. The van der Waals surface area contributed by atoms with Crippen LogP contribution in [0.1, 0.15) is 37.3 Å². The molecule has 2 N–H and O–H groups in total. The van der Waals surface area contributed by atoms with Gasteiger partial charge in [0.05, 0.1) is 41.9 Å². The van der Waals surface area contributed by atoms with E-state index in [-0.39, 0.29) is 17.8 Å². The topological polar surface area (TPSA) is 129 Å². The third-order valence-electron chi connectivity index (χ3n) is 6.61. The number of nitriles is 1. The first-order valence-electron chi connectivity index (χ1n) is 11.0. The molecule has 174 valence electrons. The molecule has 1 aliphatic carbocycles. The largest absolute Gasteiger partial charge is 0.393 e. The first-order valence-corrected chi connectivity index (χ1v) is 11.0. The Labute approximate surface area is 191 Å². The molecule has 6 rings (SSSR count). The third-order valence-corrected chi connectivity index (χ3v) is 6.61. The number of aromatic amines is 1. The number of hydrogen-bond donors (Lipinski definition) is 2. The van der Waals surface area contributed by atoms with Crippen LogP contribution in [0.4, 0.5) is 14.6 Å². The summed E-state index contributed by atoms with van der Waals surface area (Å²) in [7, 11) is 0. The summed E-state index contributed by atoms with van der Waals surface area (Å²) in [5, 5.41) is 19.2. The highest BCUT2D eigenvalue weighted by atomic mass is 19.3. The van der Waals surface area contributed by atoms with Crippen molar-refractivity contribution < 1.29 is 13.9 Å². The van der Waals surface area contributed by atoms with Crippen LogP contribution >= 0.6 is 0 Å². The summed E-state index contributed by atoms with van der Waals surface area (Å²) < 4.78 is 30.6. The van der Waals surface area contributed by atoms with E-state index < -0.39 is 30.8 Å². The first kappa shape index (κ1) is 20.7. The van der Waals surface area contributed by atoms with Gasteiger partial charge in [0.15, 0.2) is 11.5 Å². The maximum absolute atomic E-state index is 13.7. The summed E-state index contributed by atoms with van der Waals surface area (Å²) in [5.74, 6) is -2.45. The molecule has 0 bridgehead atoms. The summed E-state index contributed by atoms with van der Waals surface area (Å²) >= 11 is 0. The molecule has 4 heterocycles. The molecular weight excluding hydrogens is 446 g/mol. The van der Waals surface area contributed by atoms with Gasteiger partial charge in [-0.3, -0.25) is 9.13 Å². The molecule has 1 aliphatic heterocycles. The van der Waals surface area contributed by atoms with Crippen molar-refractivity contribution in [3.8, 4) is 12.0 Å². The van der Waals surface area contributed by atoms with Crippen LogP contribution in [0.2, 0.25) is 0 Å². The molecule has 10 nitrogen and oxygen atoms in total. The van der Waals surface area contributed by atoms with Crippen LogP contribution < -0.4 is 10.6 Å². The molecule has 0 unspecified atom stereocenters. The maximum Gasteiger partial charge on any atom is 0.328 e. The van der Waals surface area contributed by atoms with Gasteiger partial charge < -0.3 is 15.0 Å². The zero-order chi connectivity index (χ0) is 23.6. The average Bonchev–Trinajstić information content (AvgIpc) is 3.37. The van der Waals surface area contributed by atoms with Crippen LogP contribution in [-0.4, -0.2) is 59.3 Å². The van der Waals surface area contributed by atoms with E-state index in [2.05, 4.69) is 26.0 Å². The lowest BCUT2D eigenvalue weighted by Crippen LogP contribution is -2.56. The normalized spacial score (nSPS) is 22.1. The van der Waals surface area contributed by atoms with Crippen molar-refractivity contribution in [3.05, 3.63) is 40.6 Å². The number of aliphatic hydroxyl groups is 1. The summed E-state index contributed by atoms with van der Waals surface area (Å²) in [6.07, 6.45) is 3.45. The number of hydrogen-bond acceptors (Lipinski definition) is 7. The van der Waals surface area contributed by atoms with E-state index in [9.17, 15) is 23.9 Å². The smallest absolute Gasteiger partial charge is 0.328 e.